The van der Waals surface area contributed by atoms with E-state index in [9.17, 15) is 9.18 Å². The quantitative estimate of drug-likeness (QED) is 0.400. The first-order valence-corrected chi connectivity index (χ1v) is 18.7. The van der Waals surface area contributed by atoms with Gasteiger partial charge in [0.2, 0.25) is 0 Å². The summed E-state index contributed by atoms with van der Waals surface area (Å²) >= 11 is 3.00. The van der Waals surface area contributed by atoms with Crippen molar-refractivity contribution in [2.45, 2.75) is 22.4 Å². The number of aromatic nitrogens is 2. The molecule has 0 atom stereocenters. The van der Waals surface area contributed by atoms with Crippen molar-refractivity contribution in [3.05, 3.63) is 53.6 Å². The molecule has 0 radical (unpaired) electrons. The Labute approximate surface area is 199 Å². The summed E-state index contributed by atoms with van der Waals surface area (Å²) in [7, 11) is 3.86. The number of anilines is 2. The Hall–Kier alpha value is -1.85. The molecule has 3 aromatic rings. The maximum absolute atomic E-state index is 14.7. The van der Waals surface area contributed by atoms with Crippen LogP contribution in [0.3, 0.4) is 0 Å². The molecule has 2 saturated heterocycles. The number of rotatable bonds is 3. The first-order chi connectivity index (χ1) is 15.4. The number of likely N-dealkylation sites (tertiary alicyclic amines) is 1. The Morgan fingerprint density at radius 3 is 2.78 bits per heavy atom. The second kappa shape index (κ2) is 8.49. The Kier molecular flexibility index (Phi) is 5.83. The van der Waals surface area contributed by atoms with Gasteiger partial charge in [0.1, 0.15) is 0 Å². The molecule has 0 amide bonds. The van der Waals surface area contributed by atoms with E-state index < -0.39 is 28.5 Å². The van der Waals surface area contributed by atoms with Gasteiger partial charge in [-0.1, -0.05) is 0 Å². The average molecular weight is 646 g/mol. The van der Waals surface area contributed by atoms with Gasteiger partial charge < -0.3 is 0 Å². The molecule has 2 aliphatic heterocycles. The molecule has 5 rings (SSSR count). The number of piperidine rings is 1. The Morgan fingerprint density at radius 2 is 2.00 bits per heavy atom. The molecule has 3 heterocycles. The van der Waals surface area contributed by atoms with Crippen molar-refractivity contribution in [2.75, 3.05) is 32.1 Å². The maximum atomic E-state index is 14.7. The second-order valence-corrected chi connectivity index (χ2v) is 19.5. The van der Waals surface area contributed by atoms with Crippen LogP contribution in [-0.2, 0) is 4.74 Å². The van der Waals surface area contributed by atoms with E-state index in [1.165, 1.54) is 12.4 Å². The Balaban J connectivity index is 1.52. The van der Waals surface area contributed by atoms with E-state index in [1.54, 1.807) is 24.1 Å². The van der Waals surface area contributed by atoms with Crippen molar-refractivity contribution in [1.29, 1.82) is 0 Å². The first-order valence-electron chi connectivity index (χ1n) is 10.7. The number of ether oxygens (including phenoxy) is 1. The molecule has 9 heteroatoms. The summed E-state index contributed by atoms with van der Waals surface area (Å²) in [6.45, 7) is 1.92. The van der Waals surface area contributed by atoms with E-state index in [-0.39, 0.29) is 14.2 Å². The van der Waals surface area contributed by atoms with Crippen molar-refractivity contribution in [3.63, 3.8) is 0 Å². The van der Waals surface area contributed by atoms with Gasteiger partial charge in [-0.25, -0.2) is 0 Å². The topological polar surface area (TPSA) is 58.6 Å². The molecule has 2 aromatic carbocycles. The van der Waals surface area contributed by atoms with Crippen LogP contribution in [0.5, 0.6) is 0 Å². The monoisotopic (exact) mass is 646 g/mol. The zero-order valence-corrected chi connectivity index (χ0v) is 23.3. The van der Waals surface area contributed by atoms with Gasteiger partial charge in [-0.15, -0.1) is 0 Å². The van der Waals surface area contributed by atoms with Gasteiger partial charge >= 0.3 is 200 Å². The number of hydrogen-bond acceptors (Lipinski definition) is 6. The summed E-state index contributed by atoms with van der Waals surface area (Å²) < 4.78 is 22.7. The van der Waals surface area contributed by atoms with Crippen molar-refractivity contribution < 1.29 is 13.9 Å². The van der Waals surface area contributed by atoms with Gasteiger partial charge in [0, 0.05) is 0 Å². The van der Waals surface area contributed by atoms with Crippen LogP contribution in [0.4, 0.5) is 20.7 Å². The number of hydrogen-bond donors (Lipinski definition) is 0. The summed E-state index contributed by atoms with van der Waals surface area (Å²) in [5, 5.41) is 0.853. The molecule has 2 aliphatic rings. The predicted molar refractivity (Wildman–Crippen MR) is 125 cm³/mol. The van der Waals surface area contributed by atoms with Crippen LogP contribution in [0.1, 0.15) is 12.8 Å². The van der Waals surface area contributed by atoms with Crippen LogP contribution in [0.15, 0.2) is 42.7 Å². The molecule has 0 unspecified atom stereocenters. The van der Waals surface area contributed by atoms with E-state index in [2.05, 4.69) is 21.9 Å². The fourth-order valence-electron chi connectivity index (χ4n) is 4.78. The van der Waals surface area contributed by atoms with Crippen LogP contribution < -0.4 is 8.02 Å². The van der Waals surface area contributed by atoms with Gasteiger partial charge in [-0.05, 0) is 0 Å². The van der Waals surface area contributed by atoms with Gasteiger partial charge in [-0.3, -0.25) is 0 Å². The third-order valence-electron chi connectivity index (χ3n) is 6.73. The van der Waals surface area contributed by atoms with Crippen LogP contribution in [0.25, 0.3) is 10.9 Å². The van der Waals surface area contributed by atoms with Crippen LogP contribution in [0.2, 0.25) is 9.00 Å². The van der Waals surface area contributed by atoms with Crippen LogP contribution >= 0.6 is 11.6 Å². The van der Waals surface area contributed by atoms with E-state index >= 15 is 0 Å². The van der Waals surface area contributed by atoms with E-state index in [4.69, 9.17) is 16.3 Å². The fourth-order valence-corrected chi connectivity index (χ4v) is 16.6. The van der Waals surface area contributed by atoms with Crippen molar-refractivity contribution in [2.24, 2.45) is 0 Å². The second-order valence-electron chi connectivity index (χ2n) is 8.77. The summed E-state index contributed by atoms with van der Waals surface area (Å²) in [5.41, 5.74) is 0.807. The zero-order valence-electron chi connectivity index (χ0n) is 18.0. The van der Waals surface area contributed by atoms with Gasteiger partial charge in [0.15, 0.2) is 0 Å². The molecule has 0 saturated carbocycles. The van der Waals surface area contributed by atoms with Gasteiger partial charge in [0.05, 0.1) is 0 Å². The molecular weight excluding hydrogens is 623 g/mol. The standard InChI is InChI=1S/C15H10ClFN3.C8H13NO2.Tl/c1-20(13-8-4-6-11(16)14(13)17)15-10-5-2-3-7-12(10)18-9-19-15;1-8(11-7-10)3-5-9(2)6-4-8;/h3-9H,1H3;1,3-6H2,2H3;. The van der Waals surface area contributed by atoms with E-state index in [0.717, 1.165) is 43.9 Å². The third-order valence-corrected chi connectivity index (χ3v) is 18.7. The average Bonchev–Trinajstić information content (AvgIpc) is 3.12. The van der Waals surface area contributed by atoms with Crippen LogP contribution in [-0.4, -0.2) is 73.9 Å². The van der Waals surface area contributed by atoms with E-state index in [1.807, 2.05) is 18.2 Å². The van der Waals surface area contributed by atoms with Crippen molar-refractivity contribution in [3.8, 4) is 0 Å². The molecular formula is C23H23ClFN4O2Tl. The van der Waals surface area contributed by atoms with Crippen molar-refractivity contribution >= 4 is 63.4 Å². The third kappa shape index (κ3) is 3.88. The molecule has 1 aromatic heterocycles. The summed E-state index contributed by atoms with van der Waals surface area (Å²) in [4.78, 5) is 25.7. The first kappa shape index (κ1) is 22.0. The fraction of sp³-hybridized carbons (Fsp3) is 0.348. The summed E-state index contributed by atoms with van der Waals surface area (Å²) in [6.07, 6.45) is 3.28. The number of nitrogens with zero attached hydrogens (tertiary/aromatic N) is 4. The SMILES string of the molecule is CN1CCC2(CC1)[CH2][Tl]([c]1ccc3ncnc(N(C)c4cccc(Cl)c4F)c3c1)[C](=O)O2. The summed E-state index contributed by atoms with van der Waals surface area (Å²) in [5.74, 6) is 0.0787. The minimum atomic E-state index is -2.99. The molecule has 6 nitrogen and oxygen atoms in total. The number of fused-ring (bicyclic) bond motifs is 1. The molecule has 0 bridgehead atoms. The van der Waals surface area contributed by atoms with Crippen molar-refractivity contribution in [1.82, 2.24) is 14.9 Å². The molecule has 32 heavy (non-hydrogen) atoms. The molecule has 0 aliphatic carbocycles. The van der Waals surface area contributed by atoms with E-state index in [0.29, 0.717) is 11.5 Å². The Bertz CT molecular complexity index is 1200. The van der Waals surface area contributed by atoms with Gasteiger partial charge in [0.25, 0.3) is 0 Å². The normalized spacial score (nSPS) is 18.4. The molecule has 164 valence electrons. The molecule has 2 fully saturated rings. The van der Waals surface area contributed by atoms with Gasteiger partial charge in [-0.2, -0.15) is 0 Å². The van der Waals surface area contributed by atoms with Crippen LogP contribution in [0, 0.1) is 5.82 Å². The molecule has 1 spiro atoms. The number of benzene rings is 2. The summed E-state index contributed by atoms with van der Waals surface area (Å²) in [6, 6.07) is 10.9. The zero-order chi connectivity index (χ0) is 22.5. The number of carbonyl (C=O) groups is 1. The predicted octanol–water partition coefficient (Wildman–Crippen LogP) is 4.09. The molecule has 0 N–H and O–H groups in total. The number of halogens is 2. The number of carbonyl (C=O) groups excluding carboxylic acids is 1. The Morgan fingerprint density at radius 1 is 1.22 bits per heavy atom. The minimum absolute atomic E-state index is 0.0431.